The van der Waals surface area contributed by atoms with Crippen LogP contribution < -0.4 is 45.2 Å². The molecule has 16 heavy (non-hydrogen) atoms. The Hall–Kier alpha value is -0.100. The van der Waals surface area contributed by atoms with Crippen molar-refractivity contribution in [1.29, 1.82) is 0 Å². The molecule has 0 N–H and O–H groups in total. The van der Waals surface area contributed by atoms with Gasteiger partial charge in [0.1, 0.15) is 0 Å². The van der Waals surface area contributed by atoms with Crippen molar-refractivity contribution in [2.45, 2.75) is 13.8 Å². The number of aryl methyl sites for hydroxylation is 2. The third kappa shape index (κ3) is 2.01. The second-order valence-electron chi connectivity index (χ2n) is 4.06. The fourth-order valence-corrected chi connectivity index (χ4v) is 5.38. The van der Waals surface area contributed by atoms with Crippen LogP contribution in [0, 0.1) is 21.0 Å². The number of benzene rings is 2. The highest BCUT2D eigenvalue weighted by Crippen LogP contribution is 2.23. The SMILES string of the molecule is Cc1ccc2c(c1)[I+]c1cc(C)ccc1-2.[I-]. The van der Waals surface area contributed by atoms with E-state index in [2.05, 4.69) is 50.2 Å². The number of fused-ring (bicyclic) bond motifs is 3. The topological polar surface area (TPSA) is 0 Å². The van der Waals surface area contributed by atoms with Gasteiger partial charge in [-0.15, -0.1) is 0 Å². The quantitative estimate of drug-likeness (QED) is 0.342. The van der Waals surface area contributed by atoms with Gasteiger partial charge in [-0.05, 0) is 49.2 Å². The van der Waals surface area contributed by atoms with Crippen LogP contribution in [0.4, 0.5) is 0 Å². The molecule has 0 saturated carbocycles. The molecule has 0 unspecified atom stereocenters. The van der Waals surface area contributed by atoms with Gasteiger partial charge in [0.05, 0.1) is 0 Å². The minimum absolute atomic E-state index is 0. The van der Waals surface area contributed by atoms with Gasteiger partial charge in [-0.25, -0.2) is 0 Å². The zero-order chi connectivity index (χ0) is 10.4. The Bertz CT molecular complexity index is 495. The normalized spacial score (nSPS) is 11.6. The molecule has 3 rings (SSSR count). The third-order valence-electron chi connectivity index (χ3n) is 2.74. The summed E-state index contributed by atoms with van der Waals surface area (Å²) in [4.78, 5) is 0. The van der Waals surface area contributed by atoms with Crippen molar-refractivity contribution in [3.63, 3.8) is 0 Å². The fourth-order valence-electron chi connectivity index (χ4n) is 1.94. The van der Waals surface area contributed by atoms with Crippen molar-refractivity contribution >= 4 is 0 Å². The molecule has 82 valence electrons. The van der Waals surface area contributed by atoms with Crippen LogP contribution in [0.25, 0.3) is 11.1 Å². The van der Waals surface area contributed by atoms with E-state index in [1.54, 1.807) is 7.14 Å². The summed E-state index contributed by atoms with van der Waals surface area (Å²) in [7, 11) is 0. The van der Waals surface area contributed by atoms with Crippen molar-refractivity contribution in [1.82, 2.24) is 0 Å². The lowest BCUT2D eigenvalue weighted by Crippen LogP contribution is -3.61. The molecule has 0 nitrogen and oxygen atoms in total. The number of halogens is 2. The van der Waals surface area contributed by atoms with Crippen molar-refractivity contribution in [3.05, 3.63) is 54.7 Å². The molecule has 0 aliphatic carbocycles. The van der Waals surface area contributed by atoms with Crippen LogP contribution in [0.5, 0.6) is 0 Å². The molecule has 0 bridgehead atoms. The van der Waals surface area contributed by atoms with Gasteiger partial charge in [0.15, 0.2) is 0 Å². The molecule has 0 atom stereocenters. The van der Waals surface area contributed by atoms with Crippen LogP contribution in [-0.2, 0) is 0 Å². The van der Waals surface area contributed by atoms with Gasteiger partial charge < -0.3 is 24.0 Å². The Balaban J connectivity index is 0.000000963. The Morgan fingerprint density at radius 1 is 0.750 bits per heavy atom. The van der Waals surface area contributed by atoms with Crippen LogP contribution in [0.1, 0.15) is 11.1 Å². The van der Waals surface area contributed by atoms with Crippen molar-refractivity contribution < 1.29 is 45.2 Å². The molecule has 2 aromatic carbocycles. The molecule has 0 spiro atoms. The first-order valence-corrected chi connectivity index (χ1v) is 7.26. The van der Waals surface area contributed by atoms with Crippen LogP contribution >= 0.6 is 0 Å². The average Bonchev–Trinajstić information content (AvgIpc) is 2.53. The van der Waals surface area contributed by atoms with Gasteiger partial charge in [-0.2, -0.15) is 0 Å². The standard InChI is InChI=1S/C14H12I.HI/c1-9-3-5-11-12-6-4-10(2)8-14(12)15-13(11)7-9;/h3-8H,1-2H3;1H/q+1;/p-1. The highest BCUT2D eigenvalue weighted by molar-refractivity contribution is 5.65. The minimum Gasteiger partial charge on any atom is -1.00 e. The smallest absolute Gasteiger partial charge is 0.359 e. The Morgan fingerprint density at radius 3 is 1.62 bits per heavy atom. The van der Waals surface area contributed by atoms with Crippen molar-refractivity contribution in [2.24, 2.45) is 0 Å². The second kappa shape index (κ2) is 4.64. The average molecular weight is 434 g/mol. The van der Waals surface area contributed by atoms with E-state index in [-0.39, 0.29) is 45.2 Å². The number of hydrogen-bond acceptors (Lipinski definition) is 0. The largest absolute Gasteiger partial charge is 1.00 e. The molecule has 0 aromatic heterocycles. The maximum Gasteiger partial charge on any atom is 0.359 e. The van der Waals surface area contributed by atoms with Gasteiger partial charge in [0, 0.05) is 11.1 Å². The summed E-state index contributed by atoms with van der Waals surface area (Å²) >= 11 is 0.0692. The fraction of sp³-hybridized carbons (Fsp3) is 0.143. The molecule has 2 heteroatoms. The summed E-state index contributed by atoms with van der Waals surface area (Å²) in [5.74, 6) is 0. The highest BCUT2D eigenvalue weighted by Gasteiger charge is 2.32. The van der Waals surface area contributed by atoms with Crippen molar-refractivity contribution in [2.75, 3.05) is 0 Å². The van der Waals surface area contributed by atoms with Gasteiger partial charge in [0.25, 0.3) is 0 Å². The zero-order valence-electron chi connectivity index (χ0n) is 9.22. The number of rotatable bonds is 0. The molecular weight excluding hydrogens is 422 g/mol. The summed E-state index contributed by atoms with van der Waals surface area (Å²) < 4.78 is 3.18. The molecule has 2 aromatic rings. The predicted octanol–water partition coefficient (Wildman–Crippen LogP) is -2.58. The maximum atomic E-state index is 2.36. The minimum atomic E-state index is 0. The highest BCUT2D eigenvalue weighted by atomic mass is 127. The van der Waals surface area contributed by atoms with Crippen molar-refractivity contribution in [3.8, 4) is 11.1 Å². The molecule has 0 fully saturated rings. The van der Waals surface area contributed by atoms with Crippen LogP contribution in [0.2, 0.25) is 0 Å². The van der Waals surface area contributed by atoms with Crippen LogP contribution in [0.15, 0.2) is 36.4 Å². The first-order valence-electron chi connectivity index (χ1n) is 5.10. The summed E-state index contributed by atoms with van der Waals surface area (Å²) in [6, 6.07) is 13.7. The lowest BCUT2D eigenvalue weighted by molar-refractivity contribution is -0.589. The van der Waals surface area contributed by atoms with Gasteiger partial charge in [-0.3, -0.25) is 0 Å². The molecule has 1 aliphatic heterocycles. The molecule has 0 saturated heterocycles. The summed E-state index contributed by atoms with van der Waals surface area (Å²) in [5.41, 5.74) is 5.72. The molecule has 1 aliphatic rings. The molecule has 0 amide bonds. The van der Waals surface area contributed by atoms with E-state index >= 15 is 0 Å². The van der Waals surface area contributed by atoms with Gasteiger partial charge >= 0.3 is 21.2 Å². The first-order chi connectivity index (χ1) is 7.24. The van der Waals surface area contributed by atoms with E-state index in [9.17, 15) is 0 Å². The van der Waals surface area contributed by atoms with E-state index in [0.29, 0.717) is 0 Å². The van der Waals surface area contributed by atoms with E-state index in [0.717, 1.165) is 0 Å². The van der Waals surface area contributed by atoms with Gasteiger partial charge in [0.2, 0.25) is 7.14 Å². The lowest BCUT2D eigenvalue weighted by Gasteiger charge is -1.96. The molecule has 1 heterocycles. The summed E-state index contributed by atoms with van der Waals surface area (Å²) in [6.45, 7) is 4.36. The Labute approximate surface area is 124 Å². The van der Waals surface area contributed by atoms with Crippen LogP contribution in [-0.4, -0.2) is 0 Å². The first kappa shape index (κ1) is 12.4. The third-order valence-corrected chi connectivity index (χ3v) is 5.69. The van der Waals surface area contributed by atoms with E-state index in [1.807, 2.05) is 0 Å². The molecule has 0 radical (unpaired) electrons. The van der Waals surface area contributed by atoms with E-state index in [1.165, 1.54) is 22.3 Å². The number of hydrogen-bond donors (Lipinski definition) is 0. The van der Waals surface area contributed by atoms with Crippen LogP contribution in [0.3, 0.4) is 0 Å². The lowest BCUT2D eigenvalue weighted by atomic mass is 10.0. The zero-order valence-corrected chi connectivity index (χ0v) is 13.5. The summed E-state index contributed by atoms with van der Waals surface area (Å²) in [6.07, 6.45) is 0. The predicted molar refractivity (Wildman–Crippen MR) is 58.7 cm³/mol. The monoisotopic (exact) mass is 434 g/mol. The van der Waals surface area contributed by atoms with E-state index in [4.69, 9.17) is 0 Å². The second-order valence-corrected chi connectivity index (χ2v) is 6.92. The summed E-state index contributed by atoms with van der Waals surface area (Å²) in [5, 5.41) is 0. The molecular formula is C14H12I2. The Morgan fingerprint density at radius 2 is 1.19 bits per heavy atom. The maximum absolute atomic E-state index is 2.36. The Kier molecular flexibility index (Phi) is 3.59. The van der Waals surface area contributed by atoms with Gasteiger partial charge in [-0.1, -0.05) is 12.1 Å². The van der Waals surface area contributed by atoms with E-state index < -0.39 is 0 Å².